The normalized spacial score (nSPS) is 10.5. The number of nitrogens with zero attached hydrogens (tertiary/aromatic N) is 2. The third-order valence-electron chi connectivity index (χ3n) is 1.98. The lowest BCUT2D eigenvalue weighted by Gasteiger charge is -1.99. The van der Waals surface area contributed by atoms with Gasteiger partial charge in [-0.15, -0.1) is 0 Å². The lowest BCUT2D eigenvalue weighted by molar-refractivity contribution is 0.0941. The van der Waals surface area contributed by atoms with Crippen LogP contribution in [0.25, 0.3) is 10.9 Å². The van der Waals surface area contributed by atoms with Crippen LogP contribution < -0.4 is 5.32 Å². The molecule has 0 unspecified atom stereocenters. The topological polar surface area (TPSA) is 90.9 Å². The average Bonchev–Trinajstić information content (AvgIpc) is 2.69. The highest BCUT2D eigenvalue weighted by Gasteiger charge is 2.12. The zero-order valence-corrected chi connectivity index (χ0v) is 7.90. The van der Waals surface area contributed by atoms with Crippen molar-refractivity contribution in [1.29, 1.82) is 0 Å². The fourth-order valence-electron chi connectivity index (χ4n) is 1.28. The number of aliphatic hydroxyl groups excluding tert-OH is 1. The van der Waals surface area contributed by atoms with Gasteiger partial charge >= 0.3 is 0 Å². The van der Waals surface area contributed by atoms with Crippen LogP contribution in [0.3, 0.4) is 0 Å². The number of rotatable bonds is 3. The quantitative estimate of drug-likeness (QED) is 0.641. The van der Waals surface area contributed by atoms with E-state index in [0.29, 0.717) is 11.1 Å². The number of hydrogen-bond donors (Lipinski definition) is 3. The molecule has 2 rings (SSSR count). The van der Waals surface area contributed by atoms with Crippen LogP contribution in [0.1, 0.15) is 10.5 Å². The van der Waals surface area contributed by atoms with Crippen molar-refractivity contribution in [3.05, 3.63) is 24.2 Å². The monoisotopic (exact) mass is 206 g/mol. The van der Waals surface area contributed by atoms with Crippen molar-refractivity contribution in [2.24, 2.45) is 0 Å². The summed E-state index contributed by atoms with van der Waals surface area (Å²) in [5, 5.41) is 18.4. The molecule has 0 spiro atoms. The van der Waals surface area contributed by atoms with Crippen molar-refractivity contribution in [1.82, 2.24) is 20.5 Å². The molecule has 0 aliphatic carbocycles. The minimum atomic E-state index is -0.316. The molecule has 6 heteroatoms. The Morgan fingerprint density at radius 3 is 3.27 bits per heavy atom. The molecule has 0 fully saturated rings. The van der Waals surface area contributed by atoms with Gasteiger partial charge in [-0.3, -0.25) is 14.9 Å². The average molecular weight is 206 g/mol. The van der Waals surface area contributed by atoms with E-state index in [1.807, 2.05) is 0 Å². The fraction of sp³-hybridized carbons (Fsp3) is 0.222. The fourth-order valence-corrected chi connectivity index (χ4v) is 1.28. The van der Waals surface area contributed by atoms with Gasteiger partial charge in [0.05, 0.1) is 17.5 Å². The van der Waals surface area contributed by atoms with Gasteiger partial charge < -0.3 is 10.4 Å². The van der Waals surface area contributed by atoms with Crippen LogP contribution in [0.5, 0.6) is 0 Å². The van der Waals surface area contributed by atoms with Gasteiger partial charge in [0.1, 0.15) is 0 Å². The molecule has 0 bridgehead atoms. The number of aromatic nitrogens is 3. The predicted molar refractivity (Wildman–Crippen MR) is 53.3 cm³/mol. The summed E-state index contributed by atoms with van der Waals surface area (Å²) in [6.07, 6.45) is 3.20. The first-order chi connectivity index (χ1) is 7.33. The molecule has 0 saturated heterocycles. The molecule has 2 heterocycles. The molecular weight excluding hydrogens is 196 g/mol. The maximum absolute atomic E-state index is 11.5. The van der Waals surface area contributed by atoms with E-state index in [0.717, 1.165) is 5.52 Å². The summed E-state index contributed by atoms with van der Waals surface area (Å²) in [5.74, 6) is -0.316. The highest BCUT2D eigenvalue weighted by Crippen LogP contribution is 2.12. The number of aliphatic hydroxyl groups is 1. The minimum Gasteiger partial charge on any atom is -0.395 e. The molecule has 6 nitrogen and oxygen atoms in total. The third-order valence-corrected chi connectivity index (χ3v) is 1.98. The number of nitrogens with one attached hydrogen (secondary N) is 2. The van der Waals surface area contributed by atoms with E-state index in [9.17, 15) is 4.79 Å². The molecular formula is C9H10N4O2. The van der Waals surface area contributed by atoms with Crippen LogP contribution in [0.4, 0.5) is 0 Å². The number of carbonyl (C=O) groups excluding carboxylic acids is 1. The molecule has 0 saturated carbocycles. The van der Waals surface area contributed by atoms with Gasteiger partial charge in [-0.1, -0.05) is 0 Å². The van der Waals surface area contributed by atoms with Gasteiger partial charge in [0, 0.05) is 18.9 Å². The van der Waals surface area contributed by atoms with Gasteiger partial charge in [0.15, 0.2) is 5.69 Å². The number of fused-ring (bicyclic) bond motifs is 1. The molecule has 0 aliphatic heterocycles. The Labute approximate surface area is 85.3 Å². The second-order valence-electron chi connectivity index (χ2n) is 2.97. The number of hydrogen-bond acceptors (Lipinski definition) is 4. The van der Waals surface area contributed by atoms with E-state index < -0.39 is 0 Å². The zero-order valence-electron chi connectivity index (χ0n) is 7.90. The van der Waals surface area contributed by atoms with Gasteiger partial charge in [0.25, 0.3) is 5.91 Å². The van der Waals surface area contributed by atoms with E-state index in [2.05, 4.69) is 20.5 Å². The summed E-state index contributed by atoms with van der Waals surface area (Å²) < 4.78 is 0. The Hall–Kier alpha value is -1.95. The highest BCUT2D eigenvalue weighted by atomic mass is 16.3. The Balaban J connectivity index is 2.31. The summed E-state index contributed by atoms with van der Waals surface area (Å²) in [4.78, 5) is 15.5. The van der Waals surface area contributed by atoms with Crippen molar-refractivity contribution < 1.29 is 9.90 Å². The number of pyridine rings is 1. The summed E-state index contributed by atoms with van der Waals surface area (Å²) in [5.41, 5.74) is 1.06. The Kier molecular flexibility index (Phi) is 2.59. The predicted octanol–water partition coefficient (Wildman–Crippen LogP) is -0.320. The van der Waals surface area contributed by atoms with Gasteiger partial charge in [-0.05, 0) is 6.07 Å². The Morgan fingerprint density at radius 2 is 2.47 bits per heavy atom. The SMILES string of the molecule is O=C(NCCO)c1n[nH]c2ccncc12. The second-order valence-corrected chi connectivity index (χ2v) is 2.97. The van der Waals surface area contributed by atoms with Crippen molar-refractivity contribution in [2.45, 2.75) is 0 Å². The van der Waals surface area contributed by atoms with Crippen LogP contribution >= 0.6 is 0 Å². The first kappa shape index (κ1) is 9.60. The third kappa shape index (κ3) is 1.79. The summed E-state index contributed by atoms with van der Waals surface area (Å²) in [6, 6.07) is 1.74. The van der Waals surface area contributed by atoms with Crippen molar-refractivity contribution in [3.63, 3.8) is 0 Å². The van der Waals surface area contributed by atoms with Gasteiger partial charge in [0.2, 0.25) is 0 Å². The molecule has 15 heavy (non-hydrogen) atoms. The molecule has 0 radical (unpaired) electrons. The van der Waals surface area contributed by atoms with Crippen molar-refractivity contribution in [3.8, 4) is 0 Å². The van der Waals surface area contributed by atoms with Crippen LogP contribution in [-0.4, -0.2) is 39.3 Å². The molecule has 2 aromatic heterocycles. The molecule has 1 amide bonds. The molecule has 2 aromatic rings. The summed E-state index contributed by atoms with van der Waals surface area (Å²) in [6.45, 7) is 0.125. The van der Waals surface area contributed by atoms with Crippen LogP contribution in [0.2, 0.25) is 0 Å². The van der Waals surface area contributed by atoms with Gasteiger partial charge in [-0.25, -0.2) is 0 Å². The zero-order chi connectivity index (χ0) is 10.7. The van der Waals surface area contributed by atoms with Crippen molar-refractivity contribution in [2.75, 3.05) is 13.2 Å². The lowest BCUT2D eigenvalue weighted by Crippen LogP contribution is -2.26. The van der Waals surface area contributed by atoms with E-state index >= 15 is 0 Å². The summed E-state index contributed by atoms with van der Waals surface area (Å²) in [7, 11) is 0. The number of aromatic amines is 1. The Bertz CT molecular complexity index is 480. The molecule has 0 aliphatic rings. The first-order valence-electron chi connectivity index (χ1n) is 4.50. The smallest absolute Gasteiger partial charge is 0.272 e. The number of amides is 1. The number of carbonyl (C=O) groups is 1. The van der Waals surface area contributed by atoms with E-state index in [1.54, 1.807) is 18.5 Å². The maximum atomic E-state index is 11.5. The Morgan fingerprint density at radius 1 is 1.60 bits per heavy atom. The van der Waals surface area contributed by atoms with Gasteiger partial charge in [-0.2, -0.15) is 5.10 Å². The van der Waals surface area contributed by atoms with E-state index in [4.69, 9.17) is 5.11 Å². The largest absolute Gasteiger partial charge is 0.395 e. The lowest BCUT2D eigenvalue weighted by atomic mass is 10.2. The molecule has 0 atom stereocenters. The minimum absolute atomic E-state index is 0.0909. The maximum Gasteiger partial charge on any atom is 0.272 e. The van der Waals surface area contributed by atoms with Crippen molar-refractivity contribution >= 4 is 16.8 Å². The summed E-state index contributed by atoms with van der Waals surface area (Å²) >= 11 is 0. The van der Waals surface area contributed by atoms with E-state index in [-0.39, 0.29) is 19.1 Å². The van der Waals surface area contributed by atoms with Crippen LogP contribution in [0, 0.1) is 0 Å². The molecule has 3 N–H and O–H groups in total. The first-order valence-corrected chi connectivity index (χ1v) is 4.50. The van der Waals surface area contributed by atoms with Crippen LogP contribution in [-0.2, 0) is 0 Å². The number of H-pyrrole nitrogens is 1. The second kappa shape index (κ2) is 4.05. The van der Waals surface area contributed by atoms with E-state index in [1.165, 1.54) is 0 Å². The highest BCUT2D eigenvalue weighted by molar-refractivity contribution is 6.04. The standard InChI is InChI=1S/C9H10N4O2/c14-4-3-11-9(15)8-6-5-10-2-1-7(6)12-13-8/h1-2,5,14H,3-4H2,(H,11,15)(H,12,13). The molecule has 78 valence electrons. The molecule has 0 aromatic carbocycles. The van der Waals surface area contributed by atoms with Crippen LogP contribution in [0.15, 0.2) is 18.5 Å².